The molecule has 2 aromatic rings. The Morgan fingerprint density at radius 1 is 1.08 bits per heavy atom. The number of halogens is 6. The number of carboxylic acids is 1. The lowest BCUT2D eigenvalue weighted by molar-refractivity contribution is -0.143. The summed E-state index contributed by atoms with van der Waals surface area (Å²) in [5.41, 5.74) is -3.36. The number of aromatic nitrogens is 1. The van der Waals surface area contributed by atoms with E-state index in [1.54, 1.807) is 0 Å². The second kappa shape index (κ2) is 5.96. The third-order valence-corrected chi connectivity index (χ3v) is 3.89. The Hall–Kier alpha value is -2.30. The molecular weight excluding hydrogens is 362 g/mol. The Morgan fingerprint density at radius 3 is 1.96 bits per heavy atom. The van der Waals surface area contributed by atoms with Crippen LogP contribution in [0.25, 0.3) is 0 Å². The molecule has 0 fully saturated rings. The van der Waals surface area contributed by atoms with Gasteiger partial charge in [0.25, 0.3) is 0 Å². The normalized spacial score (nSPS) is 12.3. The molecule has 1 aromatic heterocycles. The van der Waals surface area contributed by atoms with Crippen LogP contribution in [-0.2, 0) is 12.4 Å². The molecule has 0 bridgehead atoms. The summed E-state index contributed by atoms with van der Waals surface area (Å²) in [5, 5.41) is 11.1. The highest BCUT2D eigenvalue weighted by atomic mass is 32.1. The highest BCUT2D eigenvalue weighted by Gasteiger charge is 2.37. The maximum absolute atomic E-state index is 12.8. The monoisotopic (exact) mass is 370 g/mol. The van der Waals surface area contributed by atoms with Gasteiger partial charge in [0.05, 0.1) is 16.8 Å². The van der Waals surface area contributed by atoms with Gasteiger partial charge in [-0.15, -0.1) is 0 Å². The average molecular weight is 370 g/mol. The first kappa shape index (κ1) is 18.0. The molecule has 1 heterocycles. The molecular formula is C13H8F6N2O2S. The van der Waals surface area contributed by atoms with Gasteiger partial charge in [0.1, 0.15) is 4.88 Å². The summed E-state index contributed by atoms with van der Waals surface area (Å²) in [6.07, 6.45) is -9.94. The topological polar surface area (TPSA) is 62.2 Å². The minimum Gasteiger partial charge on any atom is -0.477 e. The Morgan fingerprint density at radius 2 is 1.58 bits per heavy atom. The smallest absolute Gasteiger partial charge is 0.416 e. The van der Waals surface area contributed by atoms with E-state index in [0.717, 1.165) is 0 Å². The molecule has 0 aliphatic carbocycles. The number of hydrogen-bond donors (Lipinski definition) is 2. The number of aromatic carboxylic acids is 1. The lowest BCUT2D eigenvalue weighted by atomic mass is 10.1. The van der Waals surface area contributed by atoms with E-state index in [9.17, 15) is 31.1 Å². The number of benzene rings is 1. The molecule has 0 aliphatic rings. The van der Waals surface area contributed by atoms with E-state index in [2.05, 4.69) is 10.3 Å². The summed E-state index contributed by atoms with van der Waals surface area (Å²) in [6, 6.07) is 0.986. The van der Waals surface area contributed by atoms with Crippen molar-refractivity contribution in [3.63, 3.8) is 0 Å². The molecule has 4 nitrogen and oxygen atoms in total. The predicted octanol–water partition coefficient (Wildman–Crippen LogP) is 4.93. The summed E-state index contributed by atoms with van der Waals surface area (Å²) in [5.74, 6) is -1.29. The van der Waals surface area contributed by atoms with Crippen LogP contribution in [0.15, 0.2) is 18.2 Å². The van der Waals surface area contributed by atoms with Crippen molar-refractivity contribution in [3.05, 3.63) is 39.9 Å². The van der Waals surface area contributed by atoms with Gasteiger partial charge < -0.3 is 10.4 Å². The second-order valence-electron chi connectivity index (χ2n) is 4.66. The number of nitrogens with zero attached hydrogens (tertiary/aromatic N) is 1. The minimum atomic E-state index is -4.97. The van der Waals surface area contributed by atoms with Crippen LogP contribution in [0.4, 0.5) is 37.2 Å². The number of thiazole rings is 1. The first-order chi connectivity index (χ1) is 10.9. The van der Waals surface area contributed by atoms with Crippen molar-refractivity contribution in [2.45, 2.75) is 19.3 Å². The summed E-state index contributed by atoms with van der Waals surface area (Å²) in [7, 11) is 0. The van der Waals surface area contributed by atoms with Crippen molar-refractivity contribution in [2.24, 2.45) is 0 Å². The number of aryl methyl sites for hydroxylation is 1. The number of carboxylic acid groups (broad SMARTS) is 1. The highest BCUT2D eigenvalue weighted by Crippen LogP contribution is 2.38. The van der Waals surface area contributed by atoms with Crippen LogP contribution in [0.5, 0.6) is 0 Å². The molecule has 0 amide bonds. The quantitative estimate of drug-likeness (QED) is 0.752. The molecule has 130 valence electrons. The van der Waals surface area contributed by atoms with Gasteiger partial charge in [-0.1, -0.05) is 11.3 Å². The van der Waals surface area contributed by atoms with E-state index in [1.807, 2.05) is 0 Å². The fraction of sp³-hybridized carbons (Fsp3) is 0.231. The first-order valence-corrected chi connectivity index (χ1v) is 6.97. The molecule has 0 saturated heterocycles. The molecule has 11 heteroatoms. The van der Waals surface area contributed by atoms with E-state index >= 15 is 0 Å². The van der Waals surface area contributed by atoms with E-state index < -0.39 is 35.1 Å². The molecule has 0 aliphatic heterocycles. The molecule has 2 rings (SSSR count). The highest BCUT2D eigenvalue weighted by molar-refractivity contribution is 7.17. The van der Waals surface area contributed by atoms with Gasteiger partial charge in [0.2, 0.25) is 0 Å². The van der Waals surface area contributed by atoms with Crippen LogP contribution >= 0.6 is 11.3 Å². The summed E-state index contributed by atoms with van der Waals surface area (Å²) >= 11 is 0.605. The molecule has 0 spiro atoms. The molecule has 1 aromatic carbocycles. The first-order valence-electron chi connectivity index (χ1n) is 6.15. The van der Waals surface area contributed by atoms with E-state index in [1.165, 1.54) is 6.92 Å². The van der Waals surface area contributed by atoms with E-state index in [4.69, 9.17) is 5.11 Å². The van der Waals surface area contributed by atoms with Crippen LogP contribution in [0.2, 0.25) is 0 Å². The van der Waals surface area contributed by atoms with Gasteiger partial charge in [-0.2, -0.15) is 26.3 Å². The van der Waals surface area contributed by atoms with Crippen molar-refractivity contribution < 1.29 is 36.2 Å². The standard InChI is InChI=1S/C13H8F6N2O2S/c1-5-9(10(22)23)24-11(20-5)21-8-3-6(12(14,15)16)2-7(4-8)13(17,18)19/h2-4H,1H3,(H,20,21)(H,22,23). The number of alkyl halides is 6. The SMILES string of the molecule is Cc1nc(Nc2cc(C(F)(F)F)cc(C(F)(F)F)c2)sc1C(=O)O. The Labute approximate surface area is 134 Å². The maximum atomic E-state index is 12.8. The number of anilines is 2. The second-order valence-corrected chi connectivity index (χ2v) is 5.66. The third kappa shape index (κ3) is 3.96. The molecule has 0 atom stereocenters. The van der Waals surface area contributed by atoms with Crippen molar-refractivity contribution >= 4 is 28.1 Å². The van der Waals surface area contributed by atoms with Crippen LogP contribution in [0.3, 0.4) is 0 Å². The minimum absolute atomic E-state index is 0.000951. The lowest BCUT2D eigenvalue weighted by Crippen LogP contribution is -2.11. The van der Waals surface area contributed by atoms with E-state index in [0.29, 0.717) is 23.5 Å². The molecule has 24 heavy (non-hydrogen) atoms. The van der Waals surface area contributed by atoms with E-state index in [-0.39, 0.29) is 21.8 Å². The van der Waals surface area contributed by atoms with Gasteiger partial charge in [-0.25, -0.2) is 9.78 Å². The molecule has 0 saturated carbocycles. The summed E-state index contributed by atoms with van der Waals surface area (Å²) < 4.78 is 76.6. The van der Waals surface area contributed by atoms with Gasteiger partial charge in [0, 0.05) is 5.69 Å². The summed E-state index contributed by atoms with van der Waals surface area (Å²) in [4.78, 5) is 14.5. The van der Waals surface area contributed by atoms with Crippen molar-refractivity contribution in [1.82, 2.24) is 4.98 Å². The zero-order valence-corrected chi connectivity index (χ0v) is 12.5. The number of nitrogens with one attached hydrogen (secondary N) is 1. The Bertz CT molecular complexity index is 749. The Kier molecular flexibility index (Phi) is 4.48. The van der Waals surface area contributed by atoms with Crippen LogP contribution < -0.4 is 5.32 Å². The summed E-state index contributed by atoms with van der Waals surface area (Å²) in [6.45, 7) is 1.36. The van der Waals surface area contributed by atoms with Gasteiger partial charge >= 0.3 is 18.3 Å². The zero-order valence-electron chi connectivity index (χ0n) is 11.7. The number of hydrogen-bond acceptors (Lipinski definition) is 4. The lowest BCUT2D eigenvalue weighted by Gasteiger charge is -2.14. The van der Waals surface area contributed by atoms with Gasteiger partial charge in [-0.05, 0) is 25.1 Å². The largest absolute Gasteiger partial charge is 0.477 e. The van der Waals surface area contributed by atoms with Crippen molar-refractivity contribution in [2.75, 3.05) is 5.32 Å². The zero-order chi connectivity index (χ0) is 18.3. The fourth-order valence-corrected chi connectivity index (χ4v) is 2.62. The Balaban J connectivity index is 2.46. The van der Waals surface area contributed by atoms with Crippen LogP contribution in [0.1, 0.15) is 26.5 Å². The molecule has 0 radical (unpaired) electrons. The fourth-order valence-electron chi connectivity index (χ4n) is 1.80. The molecule has 0 unspecified atom stereocenters. The van der Waals surface area contributed by atoms with Crippen molar-refractivity contribution in [1.29, 1.82) is 0 Å². The van der Waals surface area contributed by atoms with Gasteiger partial charge in [-0.3, -0.25) is 0 Å². The van der Waals surface area contributed by atoms with Gasteiger partial charge in [0.15, 0.2) is 5.13 Å². The number of carbonyl (C=O) groups is 1. The maximum Gasteiger partial charge on any atom is 0.416 e. The van der Waals surface area contributed by atoms with Crippen molar-refractivity contribution in [3.8, 4) is 0 Å². The van der Waals surface area contributed by atoms with Crippen LogP contribution in [0, 0.1) is 6.92 Å². The number of rotatable bonds is 3. The average Bonchev–Trinajstić information content (AvgIpc) is 2.77. The molecule has 2 N–H and O–H groups in total. The van der Waals surface area contributed by atoms with Crippen LogP contribution in [-0.4, -0.2) is 16.1 Å². The predicted molar refractivity (Wildman–Crippen MR) is 73.5 cm³/mol. The third-order valence-electron chi connectivity index (χ3n) is 2.83.